The van der Waals surface area contributed by atoms with E-state index in [0.717, 1.165) is 16.1 Å². The Kier molecular flexibility index (Phi) is 3.46. The average Bonchev–Trinajstić information content (AvgIpc) is 3.29. The van der Waals surface area contributed by atoms with Gasteiger partial charge in [0, 0.05) is 18.3 Å². The lowest BCUT2D eigenvalue weighted by molar-refractivity contribution is -0.122. The van der Waals surface area contributed by atoms with E-state index >= 15 is 0 Å². The van der Waals surface area contributed by atoms with Gasteiger partial charge in [0.25, 0.3) is 0 Å². The smallest absolute Gasteiger partial charge is 0.238 e. The second kappa shape index (κ2) is 5.85. The molecular formula is C20H15N3O2S. The molecule has 2 aliphatic rings. The van der Waals surface area contributed by atoms with Gasteiger partial charge in [-0.05, 0) is 35.6 Å². The molecule has 0 unspecified atom stereocenters. The van der Waals surface area contributed by atoms with E-state index in [4.69, 9.17) is 4.98 Å². The quantitative estimate of drug-likeness (QED) is 0.658. The molecule has 3 heterocycles. The Morgan fingerprint density at radius 3 is 2.46 bits per heavy atom. The summed E-state index contributed by atoms with van der Waals surface area (Å²) in [6.07, 6.45) is 2.84. The van der Waals surface area contributed by atoms with E-state index in [-0.39, 0.29) is 23.7 Å². The number of para-hydroxylation sites is 1. The summed E-state index contributed by atoms with van der Waals surface area (Å²) >= 11 is 1.59. The molecule has 5 rings (SSSR count). The van der Waals surface area contributed by atoms with Gasteiger partial charge in [-0.25, -0.2) is 9.97 Å². The Labute approximate surface area is 154 Å². The van der Waals surface area contributed by atoms with Crippen LogP contribution in [0.1, 0.15) is 11.3 Å². The van der Waals surface area contributed by atoms with Crippen molar-refractivity contribution in [1.29, 1.82) is 0 Å². The standard InChI is InChI=1S/C20H15N3O2S/c24-19-14-9-12-11-21-18(17-7-4-8-26-17)22-16(12)10-15(14)20(25)23(19)13-5-2-1-3-6-13/h1-8,11,14-15H,9-10H2/t14-,15+/m1/s1. The third-order valence-electron chi connectivity index (χ3n) is 5.12. The molecule has 3 aromatic rings. The fourth-order valence-electron chi connectivity index (χ4n) is 3.83. The Hall–Kier alpha value is -2.86. The molecule has 1 saturated heterocycles. The van der Waals surface area contributed by atoms with Crippen LogP contribution in [0.15, 0.2) is 54.0 Å². The molecule has 26 heavy (non-hydrogen) atoms. The fourth-order valence-corrected chi connectivity index (χ4v) is 4.50. The highest BCUT2D eigenvalue weighted by molar-refractivity contribution is 7.13. The van der Waals surface area contributed by atoms with Crippen LogP contribution in [-0.2, 0) is 22.4 Å². The van der Waals surface area contributed by atoms with Crippen LogP contribution in [0, 0.1) is 11.8 Å². The second-order valence-corrected chi connectivity index (χ2v) is 7.56. The van der Waals surface area contributed by atoms with Gasteiger partial charge >= 0.3 is 0 Å². The van der Waals surface area contributed by atoms with Gasteiger partial charge in [-0.2, -0.15) is 0 Å². The lowest BCUT2D eigenvalue weighted by atomic mass is 9.80. The van der Waals surface area contributed by atoms with Gasteiger partial charge in [0.15, 0.2) is 5.82 Å². The maximum absolute atomic E-state index is 12.9. The molecule has 1 aromatic carbocycles. The first-order chi connectivity index (χ1) is 12.7. The van der Waals surface area contributed by atoms with Crippen LogP contribution in [0.4, 0.5) is 5.69 Å². The van der Waals surface area contributed by atoms with Crippen LogP contribution in [0.2, 0.25) is 0 Å². The summed E-state index contributed by atoms with van der Waals surface area (Å²) in [5, 5.41) is 1.99. The first-order valence-electron chi connectivity index (χ1n) is 8.54. The molecule has 0 bridgehead atoms. The SMILES string of the molecule is O=C1[C@H]2Cc3nc(-c4cccs4)ncc3C[C@H]2C(=O)N1c1ccccc1. The number of amides is 2. The zero-order chi connectivity index (χ0) is 17.7. The van der Waals surface area contributed by atoms with Gasteiger partial charge in [-0.15, -0.1) is 11.3 Å². The van der Waals surface area contributed by atoms with Crippen LogP contribution in [0.5, 0.6) is 0 Å². The van der Waals surface area contributed by atoms with Gasteiger partial charge in [0.1, 0.15) is 0 Å². The minimum absolute atomic E-state index is 0.112. The van der Waals surface area contributed by atoms with E-state index in [9.17, 15) is 9.59 Å². The van der Waals surface area contributed by atoms with Crippen molar-refractivity contribution >= 4 is 28.8 Å². The number of carbonyl (C=O) groups is 2. The predicted molar refractivity (Wildman–Crippen MR) is 98.7 cm³/mol. The van der Waals surface area contributed by atoms with Gasteiger partial charge in [-0.3, -0.25) is 14.5 Å². The summed E-state index contributed by atoms with van der Waals surface area (Å²) in [7, 11) is 0. The first-order valence-corrected chi connectivity index (χ1v) is 9.42. The number of hydrogen-bond acceptors (Lipinski definition) is 5. The number of imide groups is 1. The first kappa shape index (κ1) is 15.4. The molecule has 0 saturated carbocycles. The topological polar surface area (TPSA) is 63.2 Å². The maximum Gasteiger partial charge on any atom is 0.238 e. The van der Waals surface area contributed by atoms with Crippen LogP contribution in [0.3, 0.4) is 0 Å². The third-order valence-corrected chi connectivity index (χ3v) is 5.99. The lowest BCUT2D eigenvalue weighted by Crippen LogP contribution is -2.30. The normalized spacial score (nSPS) is 21.6. The third kappa shape index (κ3) is 2.29. The lowest BCUT2D eigenvalue weighted by Gasteiger charge is -2.23. The average molecular weight is 361 g/mol. The van der Waals surface area contributed by atoms with Crippen LogP contribution in [-0.4, -0.2) is 21.8 Å². The number of hydrogen-bond donors (Lipinski definition) is 0. The van der Waals surface area contributed by atoms with Crippen molar-refractivity contribution in [3.8, 4) is 10.7 Å². The van der Waals surface area contributed by atoms with Gasteiger partial charge < -0.3 is 0 Å². The molecule has 0 N–H and O–H groups in total. The number of thiophene rings is 1. The number of benzene rings is 1. The molecule has 2 aromatic heterocycles. The Morgan fingerprint density at radius 2 is 1.73 bits per heavy atom. The van der Waals surface area contributed by atoms with Gasteiger partial charge in [-0.1, -0.05) is 24.3 Å². The predicted octanol–water partition coefficient (Wildman–Crippen LogP) is 3.11. The Morgan fingerprint density at radius 1 is 0.962 bits per heavy atom. The molecule has 5 nitrogen and oxygen atoms in total. The highest BCUT2D eigenvalue weighted by Gasteiger charge is 2.50. The van der Waals surface area contributed by atoms with E-state index in [0.29, 0.717) is 24.4 Å². The number of carbonyl (C=O) groups excluding carboxylic acids is 2. The molecule has 1 fully saturated rings. The van der Waals surface area contributed by atoms with Crippen molar-refractivity contribution < 1.29 is 9.59 Å². The summed E-state index contributed by atoms with van der Waals surface area (Å²) in [5.74, 6) is -0.186. The van der Waals surface area contributed by atoms with Crippen LogP contribution >= 0.6 is 11.3 Å². The van der Waals surface area contributed by atoms with Crippen molar-refractivity contribution in [2.75, 3.05) is 4.90 Å². The fraction of sp³-hybridized carbons (Fsp3) is 0.200. The highest BCUT2D eigenvalue weighted by Crippen LogP contribution is 2.39. The number of fused-ring (bicyclic) bond motifs is 2. The van der Waals surface area contributed by atoms with E-state index in [1.165, 1.54) is 4.90 Å². The van der Waals surface area contributed by atoms with Crippen molar-refractivity contribution in [2.24, 2.45) is 11.8 Å². The van der Waals surface area contributed by atoms with Gasteiger partial charge in [0.2, 0.25) is 11.8 Å². The van der Waals surface area contributed by atoms with Crippen molar-refractivity contribution in [2.45, 2.75) is 12.8 Å². The number of nitrogens with zero attached hydrogens (tertiary/aromatic N) is 3. The summed E-state index contributed by atoms with van der Waals surface area (Å²) in [6, 6.07) is 13.1. The van der Waals surface area contributed by atoms with E-state index < -0.39 is 0 Å². The van der Waals surface area contributed by atoms with E-state index in [1.54, 1.807) is 23.5 Å². The molecule has 1 aliphatic carbocycles. The summed E-state index contributed by atoms with van der Waals surface area (Å²) in [5.41, 5.74) is 2.51. The molecule has 6 heteroatoms. The Balaban J connectivity index is 1.50. The largest absolute Gasteiger partial charge is 0.274 e. The molecule has 1 aliphatic heterocycles. The second-order valence-electron chi connectivity index (χ2n) is 6.61. The van der Waals surface area contributed by atoms with Crippen LogP contribution < -0.4 is 4.90 Å². The van der Waals surface area contributed by atoms with Crippen molar-refractivity contribution in [3.05, 3.63) is 65.3 Å². The molecule has 0 radical (unpaired) electrons. The minimum atomic E-state index is -0.332. The van der Waals surface area contributed by atoms with Crippen molar-refractivity contribution in [1.82, 2.24) is 9.97 Å². The van der Waals surface area contributed by atoms with Gasteiger partial charge in [0.05, 0.1) is 22.4 Å². The zero-order valence-electron chi connectivity index (χ0n) is 13.8. The number of anilines is 1. The number of rotatable bonds is 2. The van der Waals surface area contributed by atoms with E-state index in [2.05, 4.69) is 4.98 Å². The molecular weight excluding hydrogens is 346 g/mol. The molecule has 0 spiro atoms. The summed E-state index contributed by atoms with van der Waals surface area (Å²) in [4.78, 5) is 37.3. The number of aromatic nitrogens is 2. The summed E-state index contributed by atoms with van der Waals surface area (Å²) < 4.78 is 0. The molecule has 128 valence electrons. The monoisotopic (exact) mass is 361 g/mol. The summed E-state index contributed by atoms with van der Waals surface area (Å²) in [6.45, 7) is 0. The molecule has 2 amide bonds. The minimum Gasteiger partial charge on any atom is -0.274 e. The molecule has 2 atom stereocenters. The highest BCUT2D eigenvalue weighted by atomic mass is 32.1. The zero-order valence-corrected chi connectivity index (χ0v) is 14.6. The van der Waals surface area contributed by atoms with Crippen LogP contribution in [0.25, 0.3) is 10.7 Å². The Bertz CT molecular complexity index is 1000. The van der Waals surface area contributed by atoms with E-state index in [1.807, 2.05) is 41.9 Å². The van der Waals surface area contributed by atoms with Crippen molar-refractivity contribution in [3.63, 3.8) is 0 Å². The maximum atomic E-state index is 12.9.